The summed E-state index contributed by atoms with van der Waals surface area (Å²) in [5.41, 5.74) is 2.00. The van der Waals surface area contributed by atoms with Gasteiger partial charge < -0.3 is 9.84 Å². The van der Waals surface area contributed by atoms with Gasteiger partial charge in [-0.2, -0.15) is 0 Å². The van der Waals surface area contributed by atoms with Gasteiger partial charge in [0.2, 0.25) is 0 Å². The summed E-state index contributed by atoms with van der Waals surface area (Å²) in [6.07, 6.45) is 1.54. The van der Waals surface area contributed by atoms with Crippen molar-refractivity contribution in [2.45, 2.75) is 20.4 Å². The second-order valence-electron chi connectivity index (χ2n) is 3.83. The zero-order valence-corrected chi connectivity index (χ0v) is 10.8. The molecule has 2 heterocycles. The quantitative estimate of drug-likeness (QED) is 0.865. The smallest absolute Gasteiger partial charge is 0.254 e. The van der Waals surface area contributed by atoms with Crippen molar-refractivity contribution in [3.8, 4) is 0 Å². The van der Waals surface area contributed by atoms with Gasteiger partial charge >= 0.3 is 0 Å². The molecule has 6 heteroatoms. The minimum absolute atomic E-state index is 0.189. The molecule has 0 aliphatic heterocycles. The lowest BCUT2D eigenvalue weighted by Crippen LogP contribution is -2.23. The highest BCUT2D eigenvalue weighted by molar-refractivity contribution is 6.32. The molecule has 0 saturated heterocycles. The molecule has 1 amide bonds. The number of amides is 1. The van der Waals surface area contributed by atoms with E-state index >= 15 is 0 Å². The molecule has 0 radical (unpaired) electrons. The maximum Gasteiger partial charge on any atom is 0.254 e. The monoisotopic (exact) mass is 265 g/mol. The maximum absolute atomic E-state index is 11.9. The van der Waals surface area contributed by atoms with Gasteiger partial charge in [-0.3, -0.25) is 4.79 Å². The van der Waals surface area contributed by atoms with Crippen LogP contribution in [0.3, 0.4) is 0 Å². The summed E-state index contributed by atoms with van der Waals surface area (Å²) in [5, 5.41) is 6.77. The SMILES string of the molecule is Cc1noc(C)c1CNC(=O)c1cccnc1Cl. The molecular weight excluding hydrogens is 254 g/mol. The highest BCUT2D eigenvalue weighted by atomic mass is 35.5. The molecule has 5 nitrogen and oxygen atoms in total. The Labute approximate surface area is 109 Å². The van der Waals surface area contributed by atoms with E-state index in [1.807, 2.05) is 6.92 Å². The average molecular weight is 266 g/mol. The average Bonchev–Trinajstić information content (AvgIpc) is 2.67. The zero-order valence-electron chi connectivity index (χ0n) is 10.0. The van der Waals surface area contributed by atoms with E-state index in [0.29, 0.717) is 17.9 Å². The molecule has 0 atom stereocenters. The van der Waals surface area contributed by atoms with Crippen LogP contribution in [0.2, 0.25) is 5.15 Å². The Morgan fingerprint density at radius 3 is 2.89 bits per heavy atom. The minimum Gasteiger partial charge on any atom is -0.361 e. The number of pyridine rings is 1. The van der Waals surface area contributed by atoms with Crippen LogP contribution in [-0.2, 0) is 6.54 Å². The van der Waals surface area contributed by atoms with Gasteiger partial charge in [-0.25, -0.2) is 4.98 Å². The van der Waals surface area contributed by atoms with Gasteiger partial charge in [0.05, 0.1) is 11.3 Å². The normalized spacial score (nSPS) is 10.4. The number of carbonyl (C=O) groups excluding carboxylic acids is 1. The van der Waals surface area contributed by atoms with E-state index in [2.05, 4.69) is 15.5 Å². The molecule has 0 bridgehead atoms. The molecule has 2 aromatic rings. The number of nitrogens with one attached hydrogen (secondary N) is 1. The predicted octanol–water partition coefficient (Wildman–Crippen LogP) is 2.27. The summed E-state index contributed by atoms with van der Waals surface area (Å²) in [6.45, 7) is 3.98. The van der Waals surface area contributed by atoms with Crippen molar-refractivity contribution < 1.29 is 9.32 Å². The van der Waals surface area contributed by atoms with Crippen molar-refractivity contribution in [1.29, 1.82) is 0 Å². The van der Waals surface area contributed by atoms with Crippen LogP contribution >= 0.6 is 11.6 Å². The molecule has 2 rings (SSSR count). The summed E-state index contributed by atoms with van der Waals surface area (Å²) in [5.74, 6) is 0.429. The molecule has 0 spiro atoms. The van der Waals surface area contributed by atoms with Gasteiger partial charge in [0.1, 0.15) is 10.9 Å². The highest BCUT2D eigenvalue weighted by Gasteiger charge is 2.13. The van der Waals surface area contributed by atoms with E-state index < -0.39 is 0 Å². The lowest BCUT2D eigenvalue weighted by Gasteiger charge is -2.05. The Hall–Kier alpha value is -1.88. The molecule has 0 unspecified atom stereocenters. The number of halogens is 1. The second-order valence-corrected chi connectivity index (χ2v) is 4.19. The largest absolute Gasteiger partial charge is 0.361 e. The van der Waals surface area contributed by atoms with Gasteiger partial charge in [-0.15, -0.1) is 0 Å². The predicted molar refractivity (Wildman–Crippen MR) is 66.4 cm³/mol. The van der Waals surface area contributed by atoms with E-state index in [9.17, 15) is 4.79 Å². The van der Waals surface area contributed by atoms with Gasteiger partial charge in [-0.1, -0.05) is 16.8 Å². The zero-order chi connectivity index (χ0) is 13.1. The van der Waals surface area contributed by atoms with Gasteiger partial charge in [-0.05, 0) is 26.0 Å². The Morgan fingerprint density at radius 1 is 1.50 bits per heavy atom. The van der Waals surface area contributed by atoms with Crippen LogP contribution in [0.15, 0.2) is 22.9 Å². The Balaban J connectivity index is 2.08. The van der Waals surface area contributed by atoms with Crippen molar-refractivity contribution in [2.24, 2.45) is 0 Å². The number of hydrogen-bond donors (Lipinski definition) is 1. The van der Waals surface area contributed by atoms with Crippen LogP contribution in [-0.4, -0.2) is 16.0 Å². The van der Waals surface area contributed by atoms with Crippen LogP contribution in [0, 0.1) is 13.8 Å². The van der Waals surface area contributed by atoms with Gasteiger partial charge in [0.25, 0.3) is 5.91 Å². The summed E-state index contributed by atoms with van der Waals surface area (Å²) in [7, 11) is 0. The van der Waals surface area contributed by atoms with Crippen LogP contribution in [0.4, 0.5) is 0 Å². The Morgan fingerprint density at radius 2 is 2.28 bits per heavy atom. The molecule has 1 N–H and O–H groups in total. The van der Waals surface area contributed by atoms with Crippen molar-refractivity contribution in [3.63, 3.8) is 0 Å². The first-order chi connectivity index (χ1) is 8.59. The third kappa shape index (κ3) is 2.51. The molecule has 0 fully saturated rings. The number of aromatic nitrogens is 2. The van der Waals surface area contributed by atoms with Crippen molar-refractivity contribution in [2.75, 3.05) is 0 Å². The van der Waals surface area contributed by atoms with Crippen LogP contribution in [0.1, 0.15) is 27.4 Å². The van der Waals surface area contributed by atoms with Crippen molar-refractivity contribution in [1.82, 2.24) is 15.5 Å². The topological polar surface area (TPSA) is 68.0 Å². The Bertz CT molecular complexity index is 561. The molecule has 94 valence electrons. The van der Waals surface area contributed by atoms with E-state index in [-0.39, 0.29) is 11.1 Å². The second kappa shape index (κ2) is 5.18. The summed E-state index contributed by atoms with van der Waals surface area (Å²) in [6, 6.07) is 3.29. The number of hydrogen-bond acceptors (Lipinski definition) is 4. The third-order valence-electron chi connectivity index (χ3n) is 2.61. The summed E-state index contributed by atoms with van der Waals surface area (Å²) >= 11 is 5.84. The third-order valence-corrected chi connectivity index (χ3v) is 2.91. The lowest BCUT2D eigenvalue weighted by molar-refractivity contribution is 0.0950. The fourth-order valence-electron chi connectivity index (χ4n) is 1.57. The van der Waals surface area contributed by atoms with Gasteiger partial charge in [0, 0.05) is 18.3 Å². The molecular formula is C12H12ClN3O2. The van der Waals surface area contributed by atoms with E-state index in [4.69, 9.17) is 16.1 Å². The number of rotatable bonds is 3. The fourth-order valence-corrected chi connectivity index (χ4v) is 1.78. The maximum atomic E-state index is 11.9. The van der Waals surface area contributed by atoms with E-state index in [1.54, 1.807) is 19.1 Å². The van der Waals surface area contributed by atoms with E-state index in [0.717, 1.165) is 11.3 Å². The molecule has 0 aliphatic carbocycles. The minimum atomic E-state index is -0.270. The van der Waals surface area contributed by atoms with Crippen LogP contribution in [0.5, 0.6) is 0 Å². The lowest BCUT2D eigenvalue weighted by atomic mass is 10.2. The van der Waals surface area contributed by atoms with Crippen LogP contribution < -0.4 is 5.32 Å². The summed E-state index contributed by atoms with van der Waals surface area (Å²) < 4.78 is 5.02. The Kier molecular flexibility index (Phi) is 3.62. The number of carbonyl (C=O) groups is 1. The van der Waals surface area contributed by atoms with Gasteiger partial charge in [0.15, 0.2) is 0 Å². The van der Waals surface area contributed by atoms with Crippen LogP contribution in [0.25, 0.3) is 0 Å². The van der Waals surface area contributed by atoms with Crippen molar-refractivity contribution in [3.05, 3.63) is 46.1 Å². The molecule has 0 saturated carbocycles. The fraction of sp³-hybridized carbons (Fsp3) is 0.250. The molecule has 18 heavy (non-hydrogen) atoms. The summed E-state index contributed by atoms with van der Waals surface area (Å²) in [4.78, 5) is 15.8. The standard InChI is InChI=1S/C12H12ClN3O2/c1-7-10(8(2)18-16-7)6-15-12(17)9-4-3-5-14-11(9)13/h3-5H,6H2,1-2H3,(H,15,17). The van der Waals surface area contributed by atoms with E-state index in [1.165, 1.54) is 6.20 Å². The number of aryl methyl sites for hydroxylation is 2. The highest BCUT2D eigenvalue weighted by Crippen LogP contribution is 2.14. The molecule has 2 aromatic heterocycles. The number of nitrogens with zero attached hydrogens (tertiary/aromatic N) is 2. The first-order valence-electron chi connectivity index (χ1n) is 5.40. The molecule has 0 aromatic carbocycles. The first-order valence-corrected chi connectivity index (χ1v) is 5.78. The first kappa shape index (κ1) is 12.6. The molecule has 0 aliphatic rings. The van der Waals surface area contributed by atoms with Crippen molar-refractivity contribution >= 4 is 17.5 Å².